The van der Waals surface area contributed by atoms with Gasteiger partial charge in [0.1, 0.15) is 6.04 Å². The van der Waals surface area contributed by atoms with E-state index in [4.69, 9.17) is 0 Å². The Morgan fingerprint density at radius 1 is 1.19 bits per heavy atom. The van der Waals surface area contributed by atoms with Crippen LogP contribution in [-0.2, 0) is 4.79 Å². The van der Waals surface area contributed by atoms with E-state index >= 15 is 0 Å². The van der Waals surface area contributed by atoms with Crippen molar-refractivity contribution >= 4 is 11.6 Å². The molecule has 1 saturated carbocycles. The maximum atomic E-state index is 11.8. The van der Waals surface area contributed by atoms with Gasteiger partial charge in [-0.3, -0.25) is 10.1 Å². The molecule has 3 rings (SSSR count). The second kappa shape index (κ2) is 3.91. The maximum absolute atomic E-state index is 11.8. The monoisotopic (exact) mass is 216 g/mol. The third-order valence-corrected chi connectivity index (χ3v) is 3.55. The van der Waals surface area contributed by atoms with Crippen LogP contribution < -0.4 is 10.6 Å². The number of amides is 1. The van der Waals surface area contributed by atoms with Gasteiger partial charge in [-0.15, -0.1) is 0 Å². The number of benzene rings is 1. The van der Waals surface area contributed by atoms with Crippen molar-refractivity contribution in [2.45, 2.75) is 37.8 Å². The molecule has 2 aliphatic rings. The molecular formula is C13H16N2O. The molecule has 3 heteroatoms. The molecule has 1 unspecified atom stereocenters. The highest BCUT2D eigenvalue weighted by Gasteiger charge is 2.32. The average molecular weight is 216 g/mol. The molecule has 84 valence electrons. The van der Waals surface area contributed by atoms with Gasteiger partial charge in [-0.1, -0.05) is 31.0 Å². The number of rotatable bonds is 2. The molecule has 0 radical (unpaired) electrons. The fourth-order valence-electron chi connectivity index (χ4n) is 2.70. The zero-order valence-corrected chi connectivity index (χ0v) is 9.20. The average Bonchev–Trinajstić information content (AvgIpc) is 2.89. The van der Waals surface area contributed by atoms with Crippen molar-refractivity contribution in [2.24, 2.45) is 0 Å². The summed E-state index contributed by atoms with van der Waals surface area (Å²) in [5, 5.41) is 6.39. The van der Waals surface area contributed by atoms with Crippen LogP contribution >= 0.6 is 0 Å². The Balaban J connectivity index is 1.81. The van der Waals surface area contributed by atoms with E-state index in [1.54, 1.807) is 0 Å². The van der Waals surface area contributed by atoms with E-state index < -0.39 is 0 Å². The van der Waals surface area contributed by atoms with Gasteiger partial charge >= 0.3 is 0 Å². The molecule has 1 aromatic rings. The summed E-state index contributed by atoms with van der Waals surface area (Å²) in [7, 11) is 0. The van der Waals surface area contributed by atoms with Crippen molar-refractivity contribution < 1.29 is 4.79 Å². The highest BCUT2D eigenvalue weighted by Crippen LogP contribution is 2.32. The Bertz CT molecular complexity index is 410. The van der Waals surface area contributed by atoms with E-state index in [1.807, 2.05) is 24.3 Å². The van der Waals surface area contributed by atoms with Gasteiger partial charge in [0.2, 0.25) is 5.91 Å². The molecule has 16 heavy (non-hydrogen) atoms. The lowest BCUT2D eigenvalue weighted by Gasteiger charge is -2.17. The second-order valence-electron chi connectivity index (χ2n) is 4.66. The standard InChI is InChI=1S/C13H16N2O/c16-13-12(14-9-5-1-2-6-9)10-7-3-4-8-11(10)15-13/h3-4,7-9,12,14H,1-2,5-6H2,(H,15,16). The van der Waals surface area contributed by atoms with Crippen LogP contribution in [0.25, 0.3) is 0 Å². The summed E-state index contributed by atoms with van der Waals surface area (Å²) in [6.45, 7) is 0. The fraction of sp³-hybridized carbons (Fsp3) is 0.462. The molecule has 1 fully saturated rings. The predicted molar refractivity (Wildman–Crippen MR) is 63.2 cm³/mol. The Morgan fingerprint density at radius 2 is 1.94 bits per heavy atom. The smallest absolute Gasteiger partial charge is 0.246 e. The Labute approximate surface area is 95.2 Å². The third kappa shape index (κ3) is 1.61. The van der Waals surface area contributed by atoms with Gasteiger partial charge in [0, 0.05) is 17.3 Å². The van der Waals surface area contributed by atoms with Crippen LogP contribution in [0.2, 0.25) is 0 Å². The van der Waals surface area contributed by atoms with E-state index in [0.717, 1.165) is 11.3 Å². The van der Waals surface area contributed by atoms with Gasteiger partial charge in [-0.25, -0.2) is 0 Å². The molecule has 1 amide bonds. The molecule has 1 heterocycles. The zero-order valence-electron chi connectivity index (χ0n) is 9.20. The number of nitrogens with one attached hydrogen (secondary N) is 2. The lowest BCUT2D eigenvalue weighted by Crippen LogP contribution is -2.34. The maximum Gasteiger partial charge on any atom is 0.246 e. The first-order valence-electron chi connectivity index (χ1n) is 6.00. The molecule has 3 nitrogen and oxygen atoms in total. The van der Waals surface area contributed by atoms with Gasteiger partial charge in [0.25, 0.3) is 0 Å². The van der Waals surface area contributed by atoms with E-state index in [9.17, 15) is 4.79 Å². The minimum absolute atomic E-state index is 0.0908. The van der Waals surface area contributed by atoms with Crippen molar-refractivity contribution in [3.8, 4) is 0 Å². The van der Waals surface area contributed by atoms with Crippen LogP contribution in [0.15, 0.2) is 24.3 Å². The van der Waals surface area contributed by atoms with Crippen molar-refractivity contribution in [3.63, 3.8) is 0 Å². The molecule has 0 bridgehead atoms. The van der Waals surface area contributed by atoms with Crippen molar-refractivity contribution in [3.05, 3.63) is 29.8 Å². The Morgan fingerprint density at radius 3 is 2.75 bits per heavy atom. The first-order chi connectivity index (χ1) is 7.84. The van der Waals surface area contributed by atoms with E-state index in [2.05, 4.69) is 10.6 Å². The van der Waals surface area contributed by atoms with Crippen LogP contribution in [0.4, 0.5) is 5.69 Å². The number of fused-ring (bicyclic) bond motifs is 1. The first kappa shape index (κ1) is 9.85. The van der Waals surface area contributed by atoms with Gasteiger partial charge in [0.05, 0.1) is 0 Å². The highest BCUT2D eigenvalue weighted by molar-refractivity contribution is 6.02. The highest BCUT2D eigenvalue weighted by atomic mass is 16.2. The summed E-state index contributed by atoms with van der Waals surface area (Å²) in [6, 6.07) is 8.31. The lowest BCUT2D eigenvalue weighted by molar-refractivity contribution is -0.117. The SMILES string of the molecule is O=C1Nc2ccccc2C1NC1CCCC1. The number of carbonyl (C=O) groups is 1. The Kier molecular flexibility index (Phi) is 2.40. The predicted octanol–water partition coefficient (Wildman–Crippen LogP) is 2.21. The third-order valence-electron chi connectivity index (χ3n) is 3.55. The minimum atomic E-state index is -0.140. The van der Waals surface area contributed by atoms with Crippen molar-refractivity contribution in [1.82, 2.24) is 5.32 Å². The number of hydrogen-bond acceptors (Lipinski definition) is 2. The van der Waals surface area contributed by atoms with Gasteiger partial charge in [0.15, 0.2) is 0 Å². The summed E-state index contributed by atoms with van der Waals surface area (Å²) < 4.78 is 0. The number of anilines is 1. The quantitative estimate of drug-likeness (QED) is 0.795. The molecule has 1 aliphatic carbocycles. The Hall–Kier alpha value is -1.35. The molecule has 0 saturated heterocycles. The summed E-state index contributed by atoms with van der Waals surface area (Å²) >= 11 is 0. The topological polar surface area (TPSA) is 41.1 Å². The second-order valence-corrected chi connectivity index (χ2v) is 4.66. The normalized spacial score (nSPS) is 24.5. The number of para-hydroxylation sites is 1. The van der Waals surface area contributed by atoms with Gasteiger partial charge in [-0.2, -0.15) is 0 Å². The summed E-state index contributed by atoms with van der Waals surface area (Å²) in [5.74, 6) is 0.0908. The molecule has 1 aliphatic heterocycles. The summed E-state index contributed by atoms with van der Waals surface area (Å²) in [5.41, 5.74) is 2.06. The van der Waals surface area contributed by atoms with Gasteiger partial charge < -0.3 is 5.32 Å². The van der Waals surface area contributed by atoms with E-state index in [0.29, 0.717) is 6.04 Å². The van der Waals surface area contributed by atoms with E-state index in [1.165, 1.54) is 25.7 Å². The molecule has 0 spiro atoms. The van der Waals surface area contributed by atoms with Crippen LogP contribution in [0.3, 0.4) is 0 Å². The zero-order chi connectivity index (χ0) is 11.0. The molecule has 0 aromatic heterocycles. The van der Waals surface area contributed by atoms with Crippen molar-refractivity contribution in [2.75, 3.05) is 5.32 Å². The van der Waals surface area contributed by atoms with E-state index in [-0.39, 0.29) is 11.9 Å². The van der Waals surface area contributed by atoms with Crippen LogP contribution in [0, 0.1) is 0 Å². The molecule has 1 aromatic carbocycles. The molecule has 2 N–H and O–H groups in total. The largest absolute Gasteiger partial charge is 0.324 e. The number of hydrogen-bond donors (Lipinski definition) is 2. The summed E-state index contributed by atoms with van der Waals surface area (Å²) in [4.78, 5) is 11.8. The fourth-order valence-corrected chi connectivity index (χ4v) is 2.70. The van der Waals surface area contributed by atoms with Crippen molar-refractivity contribution in [1.29, 1.82) is 0 Å². The first-order valence-corrected chi connectivity index (χ1v) is 6.00. The summed E-state index contributed by atoms with van der Waals surface area (Å²) in [6.07, 6.45) is 4.97. The van der Waals surface area contributed by atoms with Crippen LogP contribution in [0.1, 0.15) is 37.3 Å². The number of carbonyl (C=O) groups excluding carboxylic acids is 1. The van der Waals surface area contributed by atoms with Crippen LogP contribution in [-0.4, -0.2) is 11.9 Å². The lowest BCUT2D eigenvalue weighted by atomic mass is 10.1. The molecule has 1 atom stereocenters. The van der Waals surface area contributed by atoms with Gasteiger partial charge in [-0.05, 0) is 18.9 Å². The minimum Gasteiger partial charge on any atom is -0.324 e. The molecular weight excluding hydrogens is 200 g/mol. The van der Waals surface area contributed by atoms with Crippen LogP contribution in [0.5, 0.6) is 0 Å².